The Kier molecular flexibility index (Phi) is 2.74. The van der Waals surface area contributed by atoms with Crippen molar-refractivity contribution in [2.45, 2.75) is 50.3 Å². The summed E-state index contributed by atoms with van der Waals surface area (Å²) in [6.07, 6.45) is 6.19. The van der Waals surface area contributed by atoms with E-state index >= 15 is 0 Å². The summed E-state index contributed by atoms with van der Waals surface area (Å²) in [6.45, 7) is 0.879. The fourth-order valence-electron chi connectivity index (χ4n) is 3.80. The molecule has 3 aliphatic rings. The van der Waals surface area contributed by atoms with E-state index in [0.29, 0.717) is 12.0 Å². The molecule has 0 radical (unpaired) electrons. The van der Waals surface area contributed by atoms with Crippen LogP contribution < -0.4 is 11.1 Å². The molecule has 1 saturated carbocycles. The lowest BCUT2D eigenvalue weighted by Crippen LogP contribution is -2.69. The number of ether oxygens (including phenoxy) is 1. The summed E-state index contributed by atoms with van der Waals surface area (Å²) in [5, 5.41) is 3.50. The molecular formula is C15H21N3O. The number of nitrogens with two attached hydrogens (primary N) is 1. The third-order valence-electron chi connectivity index (χ3n) is 4.92. The Bertz CT molecular complexity index is 490. The van der Waals surface area contributed by atoms with Crippen LogP contribution in [0.25, 0.3) is 0 Å². The number of hydrogen-bond donors (Lipinski definition) is 2. The van der Waals surface area contributed by atoms with Crippen LogP contribution in [0.1, 0.15) is 30.5 Å². The van der Waals surface area contributed by atoms with Gasteiger partial charge in [0.2, 0.25) is 0 Å². The van der Waals surface area contributed by atoms with Crippen molar-refractivity contribution in [3.05, 3.63) is 23.4 Å². The summed E-state index contributed by atoms with van der Waals surface area (Å²) < 4.78 is 5.85. The lowest BCUT2D eigenvalue weighted by atomic mass is 9.68. The topological polar surface area (TPSA) is 60.2 Å². The van der Waals surface area contributed by atoms with Crippen LogP contribution in [0.2, 0.25) is 0 Å². The molecule has 4 atom stereocenters. The maximum atomic E-state index is 6.27. The van der Waals surface area contributed by atoms with Crippen molar-refractivity contribution in [3.63, 3.8) is 0 Å². The van der Waals surface area contributed by atoms with Crippen LogP contribution in [0.4, 0.5) is 5.82 Å². The molecule has 0 spiro atoms. The van der Waals surface area contributed by atoms with Gasteiger partial charge >= 0.3 is 0 Å². The number of rotatable bonds is 2. The highest BCUT2D eigenvalue weighted by atomic mass is 16.5. The largest absolute Gasteiger partial charge is 0.376 e. The quantitative estimate of drug-likeness (QED) is 0.844. The van der Waals surface area contributed by atoms with Crippen LogP contribution in [0.5, 0.6) is 0 Å². The van der Waals surface area contributed by atoms with Gasteiger partial charge in [-0.05, 0) is 43.7 Å². The van der Waals surface area contributed by atoms with E-state index in [2.05, 4.69) is 17.4 Å². The average molecular weight is 259 g/mol. The summed E-state index contributed by atoms with van der Waals surface area (Å²) in [7, 11) is 0. The molecule has 0 bridgehead atoms. The number of hydrogen-bond acceptors (Lipinski definition) is 4. The van der Waals surface area contributed by atoms with E-state index in [1.165, 1.54) is 30.5 Å². The average Bonchev–Trinajstić information content (AvgIpc) is 2.92. The van der Waals surface area contributed by atoms with Crippen LogP contribution in [0.15, 0.2) is 12.1 Å². The zero-order valence-electron chi connectivity index (χ0n) is 11.1. The zero-order valence-corrected chi connectivity index (χ0v) is 11.1. The van der Waals surface area contributed by atoms with E-state index in [1.54, 1.807) is 0 Å². The number of anilines is 1. The Hall–Kier alpha value is -1.13. The molecule has 4 heteroatoms. The highest BCUT2D eigenvalue weighted by Crippen LogP contribution is 2.38. The summed E-state index contributed by atoms with van der Waals surface area (Å²) in [6, 6.07) is 4.74. The van der Waals surface area contributed by atoms with Crippen LogP contribution in [-0.2, 0) is 17.6 Å². The van der Waals surface area contributed by atoms with Gasteiger partial charge in [0, 0.05) is 24.3 Å². The van der Waals surface area contributed by atoms with Crippen LogP contribution in [0.3, 0.4) is 0 Å². The lowest BCUT2D eigenvalue weighted by molar-refractivity contribution is -0.104. The number of pyridine rings is 1. The van der Waals surface area contributed by atoms with E-state index in [0.717, 1.165) is 25.3 Å². The molecule has 1 aromatic heterocycles. The van der Waals surface area contributed by atoms with E-state index in [9.17, 15) is 0 Å². The molecule has 2 aliphatic carbocycles. The smallest absolute Gasteiger partial charge is 0.126 e. The highest BCUT2D eigenvalue weighted by molar-refractivity contribution is 5.43. The van der Waals surface area contributed by atoms with Crippen LogP contribution in [-0.4, -0.2) is 29.8 Å². The van der Waals surface area contributed by atoms with Crippen molar-refractivity contribution < 1.29 is 4.74 Å². The van der Waals surface area contributed by atoms with Gasteiger partial charge in [0.1, 0.15) is 5.82 Å². The second-order valence-corrected chi connectivity index (χ2v) is 6.04. The molecule has 2 fully saturated rings. The summed E-state index contributed by atoms with van der Waals surface area (Å²) in [5.74, 6) is 1.51. The van der Waals surface area contributed by atoms with Crippen molar-refractivity contribution in [3.8, 4) is 0 Å². The second-order valence-electron chi connectivity index (χ2n) is 6.04. The van der Waals surface area contributed by atoms with E-state index in [-0.39, 0.29) is 12.1 Å². The predicted octanol–water partition coefficient (Wildman–Crippen LogP) is 1.49. The summed E-state index contributed by atoms with van der Waals surface area (Å²) >= 11 is 0. The van der Waals surface area contributed by atoms with Gasteiger partial charge in [0.05, 0.1) is 12.1 Å². The van der Waals surface area contributed by atoms with Gasteiger partial charge in [-0.3, -0.25) is 0 Å². The first-order valence-electron chi connectivity index (χ1n) is 7.45. The molecule has 4 rings (SSSR count). The normalized spacial score (nSPS) is 36.3. The molecule has 102 valence electrons. The fourth-order valence-corrected chi connectivity index (χ4v) is 3.80. The zero-order chi connectivity index (χ0) is 12.8. The maximum Gasteiger partial charge on any atom is 0.126 e. The minimum absolute atomic E-state index is 0.209. The molecule has 1 aliphatic heterocycles. The Labute approximate surface area is 113 Å². The van der Waals surface area contributed by atoms with E-state index in [4.69, 9.17) is 15.5 Å². The fraction of sp³-hybridized carbons (Fsp3) is 0.667. The van der Waals surface area contributed by atoms with Gasteiger partial charge < -0.3 is 15.8 Å². The van der Waals surface area contributed by atoms with Crippen molar-refractivity contribution >= 4 is 5.82 Å². The number of nitrogens with zero attached hydrogens (tertiary/aromatic N) is 1. The SMILES string of the molecule is NC1C2CCCOC2C1Nc1ccc2c(n1)CCC2. The van der Waals surface area contributed by atoms with Crippen LogP contribution in [0, 0.1) is 5.92 Å². The highest BCUT2D eigenvalue weighted by Gasteiger charge is 2.50. The number of aromatic nitrogens is 1. The Morgan fingerprint density at radius 2 is 2.21 bits per heavy atom. The van der Waals surface area contributed by atoms with Gasteiger partial charge in [-0.15, -0.1) is 0 Å². The molecular weight excluding hydrogens is 238 g/mol. The first-order valence-corrected chi connectivity index (χ1v) is 7.45. The van der Waals surface area contributed by atoms with Crippen molar-refractivity contribution in [1.82, 2.24) is 4.98 Å². The first-order chi connectivity index (χ1) is 9.33. The minimum Gasteiger partial charge on any atom is -0.376 e. The van der Waals surface area contributed by atoms with Gasteiger partial charge in [0.15, 0.2) is 0 Å². The molecule has 0 aromatic carbocycles. The third kappa shape index (κ3) is 1.85. The molecule has 2 heterocycles. The van der Waals surface area contributed by atoms with Crippen molar-refractivity contribution in [2.75, 3.05) is 11.9 Å². The molecule has 0 amide bonds. The summed E-state index contributed by atoms with van der Waals surface area (Å²) in [4.78, 5) is 4.72. The van der Waals surface area contributed by atoms with E-state index in [1.807, 2.05) is 0 Å². The van der Waals surface area contributed by atoms with Gasteiger partial charge in [-0.25, -0.2) is 4.98 Å². The monoisotopic (exact) mass is 259 g/mol. The molecule has 1 aromatic rings. The van der Waals surface area contributed by atoms with Crippen molar-refractivity contribution in [2.24, 2.45) is 11.7 Å². The first kappa shape index (κ1) is 11.7. The minimum atomic E-state index is 0.209. The molecule has 3 N–H and O–H groups in total. The Morgan fingerprint density at radius 1 is 1.26 bits per heavy atom. The molecule has 1 saturated heterocycles. The van der Waals surface area contributed by atoms with Crippen molar-refractivity contribution in [1.29, 1.82) is 0 Å². The van der Waals surface area contributed by atoms with Gasteiger partial charge in [-0.2, -0.15) is 0 Å². The number of fused-ring (bicyclic) bond motifs is 2. The predicted molar refractivity (Wildman–Crippen MR) is 74.1 cm³/mol. The van der Waals surface area contributed by atoms with Gasteiger partial charge in [0.25, 0.3) is 0 Å². The summed E-state index contributed by atoms with van der Waals surface area (Å²) in [5.41, 5.74) is 8.94. The number of aryl methyl sites for hydroxylation is 2. The molecule has 19 heavy (non-hydrogen) atoms. The second kappa shape index (κ2) is 4.46. The third-order valence-corrected chi connectivity index (χ3v) is 4.92. The van der Waals surface area contributed by atoms with Crippen LogP contribution >= 0.6 is 0 Å². The standard InChI is InChI=1S/C15H21N3O/c16-13-10-4-2-8-19-15(10)14(13)18-12-7-6-9-3-1-5-11(9)17-12/h6-7,10,13-15H,1-5,8,16H2,(H,17,18). The molecule has 4 unspecified atom stereocenters. The Balaban J connectivity index is 1.49. The molecule has 4 nitrogen and oxygen atoms in total. The Morgan fingerprint density at radius 3 is 3.16 bits per heavy atom. The lowest BCUT2D eigenvalue weighted by Gasteiger charge is -2.52. The van der Waals surface area contributed by atoms with Gasteiger partial charge in [-0.1, -0.05) is 6.07 Å². The maximum absolute atomic E-state index is 6.27. The van der Waals surface area contributed by atoms with E-state index < -0.39 is 0 Å². The number of nitrogens with one attached hydrogen (secondary N) is 1.